The van der Waals surface area contributed by atoms with E-state index in [2.05, 4.69) is 0 Å². The number of hydrogen-bond acceptors (Lipinski definition) is 8. The molecule has 0 radical (unpaired) electrons. The smallest absolute Gasteiger partial charge is 0.177 e. The van der Waals surface area contributed by atoms with Crippen LogP contribution in [0.2, 0.25) is 0 Å². The molecule has 0 aliphatic heterocycles. The van der Waals surface area contributed by atoms with Crippen molar-refractivity contribution in [2.75, 3.05) is 25.0 Å². The standard InChI is InChI=1S/C17H30O8S4/c1-26(18,19)15-9-5-7-13(15)16(27(2,20)21)10-6-11-17(28(3,22)23,29(4,24)25)14(16)8-12-15/h13-14H,5-12H2,1-4H3. The molecule has 0 bridgehead atoms. The molecule has 0 amide bonds. The molecule has 0 aromatic rings. The van der Waals surface area contributed by atoms with Crippen LogP contribution in [0, 0.1) is 11.8 Å². The van der Waals surface area contributed by atoms with E-state index in [9.17, 15) is 33.7 Å². The third-order valence-corrected chi connectivity index (χ3v) is 17.7. The molecule has 3 saturated carbocycles. The fraction of sp³-hybridized carbons (Fsp3) is 1.00. The topological polar surface area (TPSA) is 137 Å². The first kappa shape index (κ1) is 23.5. The summed E-state index contributed by atoms with van der Waals surface area (Å²) in [6, 6.07) is 0. The maximum absolute atomic E-state index is 13.3. The number of sulfone groups is 4. The molecule has 12 heteroatoms. The molecule has 0 aromatic heterocycles. The molecule has 8 nitrogen and oxygen atoms in total. The normalized spacial score (nSPS) is 38.2. The lowest BCUT2D eigenvalue weighted by Crippen LogP contribution is -2.72. The highest BCUT2D eigenvalue weighted by Gasteiger charge is 2.75. The summed E-state index contributed by atoms with van der Waals surface area (Å²) in [6.07, 6.45) is 5.08. The van der Waals surface area contributed by atoms with E-state index in [4.69, 9.17) is 0 Å². The van der Waals surface area contributed by atoms with Gasteiger partial charge in [0.05, 0.1) is 9.49 Å². The van der Waals surface area contributed by atoms with Crippen molar-refractivity contribution in [2.24, 2.45) is 11.8 Å². The largest absolute Gasteiger partial charge is 0.229 e. The van der Waals surface area contributed by atoms with E-state index in [1.165, 1.54) is 0 Å². The lowest BCUT2D eigenvalue weighted by molar-refractivity contribution is 0.0981. The van der Waals surface area contributed by atoms with Gasteiger partial charge in [0.15, 0.2) is 43.4 Å². The molecule has 0 N–H and O–H groups in total. The summed E-state index contributed by atoms with van der Waals surface area (Å²) in [7, 11) is -16.0. The van der Waals surface area contributed by atoms with E-state index >= 15 is 0 Å². The third-order valence-electron chi connectivity index (χ3n) is 8.07. The van der Waals surface area contributed by atoms with E-state index in [-0.39, 0.29) is 32.1 Å². The van der Waals surface area contributed by atoms with E-state index in [1.54, 1.807) is 0 Å². The fourth-order valence-corrected chi connectivity index (χ4v) is 16.3. The highest BCUT2D eigenvalue weighted by Crippen LogP contribution is 2.66. The molecule has 3 aliphatic rings. The highest BCUT2D eigenvalue weighted by atomic mass is 32.3. The molecule has 0 heterocycles. The lowest BCUT2D eigenvalue weighted by Gasteiger charge is -2.60. The van der Waals surface area contributed by atoms with Crippen LogP contribution in [0.5, 0.6) is 0 Å². The Hall–Kier alpha value is -0.200. The minimum atomic E-state index is -4.20. The summed E-state index contributed by atoms with van der Waals surface area (Å²) < 4.78 is 99.0. The molecule has 170 valence electrons. The zero-order chi connectivity index (χ0) is 22.3. The number of hydrogen-bond donors (Lipinski definition) is 0. The van der Waals surface area contributed by atoms with Crippen molar-refractivity contribution in [2.45, 2.75) is 64.9 Å². The summed E-state index contributed by atoms with van der Waals surface area (Å²) in [5.74, 6) is -1.98. The van der Waals surface area contributed by atoms with Crippen molar-refractivity contribution in [3.05, 3.63) is 0 Å². The number of fused-ring (bicyclic) bond motifs is 3. The molecule has 3 fully saturated rings. The van der Waals surface area contributed by atoms with E-state index in [0.717, 1.165) is 25.0 Å². The summed E-state index contributed by atoms with van der Waals surface area (Å²) in [4.78, 5) is 0. The molecule has 0 spiro atoms. The molecule has 3 rings (SSSR count). The van der Waals surface area contributed by atoms with Crippen molar-refractivity contribution in [3.8, 4) is 0 Å². The minimum Gasteiger partial charge on any atom is -0.229 e. The van der Waals surface area contributed by atoms with Crippen LogP contribution >= 0.6 is 0 Å². The second kappa shape index (κ2) is 6.41. The minimum absolute atomic E-state index is 0.0587. The van der Waals surface area contributed by atoms with Gasteiger partial charge in [0.1, 0.15) is 0 Å². The first-order valence-corrected chi connectivity index (χ1v) is 17.2. The van der Waals surface area contributed by atoms with E-state index < -0.39 is 64.8 Å². The van der Waals surface area contributed by atoms with Gasteiger partial charge in [0.2, 0.25) is 0 Å². The second-order valence-electron chi connectivity index (χ2n) is 9.31. The molecule has 0 saturated heterocycles. The fourth-order valence-electron chi connectivity index (χ4n) is 7.13. The summed E-state index contributed by atoms with van der Waals surface area (Å²) in [6.45, 7) is 0. The van der Waals surface area contributed by atoms with Crippen molar-refractivity contribution in [1.82, 2.24) is 0 Å². The van der Waals surface area contributed by atoms with Crippen LogP contribution in [-0.2, 0) is 39.3 Å². The third kappa shape index (κ3) is 2.83. The van der Waals surface area contributed by atoms with Crippen molar-refractivity contribution in [3.63, 3.8) is 0 Å². The maximum Gasteiger partial charge on any atom is 0.177 e. The van der Waals surface area contributed by atoms with Gasteiger partial charge in [-0.2, -0.15) is 0 Å². The Kier molecular flexibility index (Phi) is 5.19. The lowest BCUT2D eigenvalue weighted by atomic mass is 9.61. The van der Waals surface area contributed by atoms with Crippen LogP contribution in [0.1, 0.15) is 51.4 Å². The first-order chi connectivity index (χ1) is 12.9. The molecular weight excluding hydrogens is 460 g/mol. The summed E-state index contributed by atoms with van der Waals surface area (Å²) >= 11 is 0. The van der Waals surface area contributed by atoms with E-state index in [0.29, 0.717) is 19.3 Å². The van der Waals surface area contributed by atoms with Gasteiger partial charge in [-0.05, 0) is 50.9 Å². The molecule has 29 heavy (non-hydrogen) atoms. The van der Waals surface area contributed by atoms with Crippen LogP contribution in [0.15, 0.2) is 0 Å². The van der Waals surface area contributed by atoms with Gasteiger partial charge < -0.3 is 0 Å². The average Bonchev–Trinajstić information content (AvgIpc) is 2.96. The monoisotopic (exact) mass is 490 g/mol. The Bertz CT molecular complexity index is 1100. The SMILES string of the molecule is CS(=O)(=O)C12CCCC1C1(S(C)(=O)=O)CCCC(S(C)(=O)=O)(S(C)(=O)=O)C1CC2. The van der Waals surface area contributed by atoms with Gasteiger partial charge in [0.25, 0.3) is 0 Å². The number of rotatable bonds is 4. The zero-order valence-corrected chi connectivity index (χ0v) is 20.5. The summed E-state index contributed by atoms with van der Waals surface area (Å²) in [5, 5.41) is 0. The predicted molar refractivity (Wildman–Crippen MR) is 111 cm³/mol. The van der Waals surface area contributed by atoms with Crippen LogP contribution in [-0.4, -0.2) is 72.3 Å². The van der Waals surface area contributed by atoms with Gasteiger partial charge in [-0.25, -0.2) is 33.7 Å². The van der Waals surface area contributed by atoms with Gasteiger partial charge in [0, 0.05) is 30.9 Å². The Labute approximate surface area is 174 Å². The molecular formula is C17H30O8S4. The summed E-state index contributed by atoms with van der Waals surface area (Å²) in [5.41, 5.74) is 0. The Morgan fingerprint density at radius 2 is 1.10 bits per heavy atom. The molecule has 3 aliphatic carbocycles. The Morgan fingerprint density at radius 3 is 1.55 bits per heavy atom. The van der Waals surface area contributed by atoms with Crippen molar-refractivity contribution in [1.29, 1.82) is 0 Å². The molecule has 4 unspecified atom stereocenters. The Balaban J connectivity index is 2.43. The average molecular weight is 491 g/mol. The molecule has 0 aromatic carbocycles. The van der Waals surface area contributed by atoms with Gasteiger partial charge in [-0.3, -0.25) is 0 Å². The van der Waals surface area contributed by atoms with Crippen molar-refractivity contribution < 1.29 is 33.7 Å². The Morgan fingerprint density at radius 1 is 0.552 bits per heavy atom. The van der Waals surface area contributed by atoms with Gasteiger partial charge in [-0.1, -0.05) is 6.42 Å². The van der Waals surface area contributed by atoms with Crippen LogP contribution in [0.25, 0.3) is 0 Å². The van der Waals surface area contributed by atoms with Crippen LogP contribution < -0.4 is 0 Å². The van der Waals surface area contributed by atoms with Gasteiger partial charge >= 0.3 is 0 Å². The second-order valence-corrected chi connectivity index (χ2v) is 18.8. The van der Waals surface area contributed by atoms with Crippen LogP contribution in [0.4, 0.5) is 0 Å². The molecule has 4 atom stereocenters. The van der Waals surface area contributed by atoms with Crippen LogP contribution in [0.3, 0.4) is 0 Å². The first-order valence-electron chi connectivity index (χ1n) is 9.67. The van der Waals surface area contributed by atoms with E-state index in [1.807, 2.05) is 0 Å². The quantitative estimate of drug-likeness (QED) is 0.562. The zero-order valence-electron chi connectivity index (χ0n) is 17.2. The highest BCUT2D eigenvalue weighted by molar-refractivity contribution is 8.09. The maximum atomic E-state index is 13.3. The predicted octanol–water partition coefficient (Wildman–Crippen LogP) is 0.733. The van der Waals surface area contributed by atoms with Crippen molar-refractivity contribution >= 4 is 39.3 Å². The van der Waals surface area contributed by atoms with Gasteiger partial charge in [-0.15, -0.1) is 0 Å².